The zero-order chi connectivity index (χ0) is 19.9. The molecule has 0 saturated carbocycles. The van der Waals surface area contributed by atoms with Crippen molar-refractivity contribution in [3.63, 3.8) is 0 Å². The number of hydrogen-bond acceptors (Lipinski definition) is 2. The number of aliphatic carboxylic acids is 1. The number of carbonyl (C=O) groups is 1. The van der Waals surface area contributed by atoms with Gasteiger partial charge in [-0.25, -0.2) is 13.6 Å². The predicted octanol–water partition coefficient (Wildman–Crippen LogP) is 5.00. The van der Waals surface area contributed by atoms with E-state index in [1.165, 1.54) is 18.2 Å². The molecule has 0 fully saturated rings. The lowest BCUT2D eigenvalue weighted by molar-refractivity contribution is -0.187. The summed E-state index contributed by atoms with van der Waals surface area (Å²) in [6, 6.07) is 5.69. The summed E-state index contributed by atoms with van der Waals surface area (Å²) in [5.41, 5.74) is -0.221. The molecule has 2 aromatic rings. The first-order chi connectivity index (χ1) is 12.6. The average molecular weight is 405 g/mol. The molecule has 3 nitrogen and oxygen atoms in total. The van der Waals surface area contributed by atoms with Gasteiger partial charge in [0.15, 0.2) is 11.6 Å². The molecule has 0 amide bonds. The molecule has 142 valence electrons. The van der Waals surface area contributed by atoms with Gasteiger partial charge in [-0.1, -0.05) is 17.7 Å². The Morgan fingerprint density at radius 1 is 1.15 bits per heavy atom. The Morgan fingerprint density at radius 2 is 1.85 bits per heavy atom. The normalized spacial score (nSPS) is 16.4. The Morgan fingerprint density at radius 3 is 2.44 bits per heavy atom. The number of rotatable bonds is 3. The second kappa shape index (κ2) is 6.84. The van der Waals surface area contributed by atoms with Crippen LogP contribution < -0.4 is 4.74 Å². The van der Waals surface area contributed by atoms with Crippen LogP contribution in [0, 0.1) is 11.6 Å². The average Bonchev–Trinajstić information content (AvgIpc) is 2.57. The minimum Gasteiger partial charge on any atom is -0.478 e. The van der Waals surface area contributed by atoms with Crippen LogP contribution in [0.4, 0.5) is 22.0 Å². The van der Waals surface area contributed by atoms with Crippen LogP contribution >= 0.6 is 11.6 Å². The highest BCUT2D eigenvalue weighted by molar-refractivity contribution is 6.31. The van der Waals surface area contributed by atoms with E-state index in [2.05, 4.69) is 0 Å². The number of carboxylic acid groups (broad SMARTS) is 1. The summed E-state index contributed by atoms with van der Waals surface area (Å²) in [5.74, 6) is -4.06. The first-order valence-corrected chi connectivity index (χ1v) is 7.88. The monoisotopic (exact) mass is 404 g/mol. The van der Waals surface area contributed by atoms with Gasteiger partial charge < -0.3 is 9.84 Å². The zero-order valence-corrected chi connectivity index (χ0v) is 14.0. The van der Waals surface area contributed by atoms with Gasteiger partial charge in [0.05, 0.1) is 5.57 Å². The van der Waals surface area contributed by atoms with E-state index >= 15 is 0 Å². The molecular formula is C18H10ClF5O3. The molecular weight excluding hydrogens is 395 g/mol. The highest BCUT2D eigenvalue weighted by Gasteiger charge is 2.48. The molecule has 1 aliphatic rings. The molecule has 1 unspecified atom stereocenters. The highest BCUT2D eigenvalue weighted by atomic mass is 35.5. The van der Waals surface area contributed by atoms with Gasteiger partial charge >= 0.3 is 12.1 Å². The molecule has 27 heavy (non-hydrogen) atoms. The topological polar surface area (TPSA) is 46.5 Å². The molecule has 1 heterocycles. The maximum absolute atomic E-state index is 13.3. The number of carboxylic acids is 1. The van der Waals surface area contributed by atoms with Gasteiger partial charge in [-0.2, -0.15) is 13.2 Å². The third kappa shape index (κ3) is 3.90. The molecule has 9 heteroatoms. The fraction of sp³-hybridized carbons (Fsp3) is 0.167. The van der Waals surface area contributed by atoms with Crippen LogP contribution in [0.2, 0.25) is 5.02 Å². The van der Waals surface area contributed by atoms with E-state index in [1.807, 2.05) is 0 Å². The molecule has 0 bridgehead atoms. The quantitative estimate of drug-likeness (QED) is 0.732. The SMILES string of the molecule is O=C(O)C1=Cc2cc(Cl)c(Cc3ccc(F)c(F)c3)cc2OC1C(F)(F)F. The number of halogens is 6. The van der Waals surface area contributed by atoms with Crippen molar-refractivity contribution in [2.75, 3.05) is 0 Å². The Hall–Kier alpha value is -2.61. The molecule has 1 aliphatic heterocycles. The third-order valence-electron chi connectivity index (χ3n) is 3.94. The summed E-state index contributed by atoms with van der Waals surface area (Å²) in [4.78, 5) is 11.1. The van der Waals surface area contributed by atoms with Crippen LogP contribution in [0.1, 0.15) is 16.7 Å². The van der Waals surface area contributed by atoms with Crippen LogP contribution in [0.15, 0.2) is 35.9 Å². The molecule has 1 N–H and O–H groups in total. The zero-order valence-electron chi connectivity index (χ0n) is 13.3. The van der Waals surface area contributed by atoms with Gasteiger partial charge in [-0.15, -0.1) is 0 Å². The van der Waals surface area contributed by atoms with Crippen LogP contribution in [0.3, 0.4) is 0 Å². The summed E-state index contributed by atoms with van der Waals surface area (Å²) in [7, 11) is 0. The van der Waals surface area contributed by atoms with Gasteiger partial charge in [-0.05, 0) is 47.9 Å². The van der Waals surface area contributed by atoms with Crippen LogP contribution in [0.25, 0.3) is 6.08 Å². The number of hydrogen-bond donors (Lipinski definition) is 1. The maximum Gasteiger partial charge on any atom is 0.430 e. The second-order valence-electron chi connectivity index (χ2n) is 5.85. The van der Waals surface area contributed by atoms with Gasteiger partial charge in [0.2, 0.25) is 6.10 Å². The Balaban J connectivity index is 2.01. The number of alkyl halides is 3. The van der Waals surface area contributed by atoms with Crippen molar-refractivity contribution in [3.05, 3.63) is 69.3 Å². The fourth-order valence-electron chi connectivity index (χ4n) is 2.68. The van der Waals surface area contributed by atoms with Crippen molar-refractivity contribution >= 4 is 23.6 Å². The van der Waals surface area contributed by atoms with Crippen molar-refractivity contribution in [3.8, 4) is 5.75 Å². The molecule has 1 atom stereocenters. The molecule has 2 aromatic carbocycles. The summed E-state index contributed by atoms with van der Waals surface area (Å²) in [6.45, 7) is 0. The fourth-order valence-corrected chi connectivity index (χ4v) is 2.92. The predicted molar refractivity (Wildman–Crippen MR) is 86.7 cm³/mol. The van der Waals surface area contributed by atoms with E-state index in [-0.39, 0.29) is 22.8 Å². The minimum atomic E-state index is -4.93. The van der Waals surface area contributed by atoms with Crippen molar-refractivity contribution in [1.29, 1.82) is 0 Å². The van der Waals surface area contributed by atoms with Gasteiger partial charge in [0.25, 0.3) is 0 Å². The van der Waals surface area contributed by atoms with Crippen molar-refractivity contribution < 1.29 is 36.6 Å². The molecule has 0 aliphatic carbocycles. The summed E-state index contributed by atoms with van der Waals surface area (Å²) < 4.78 is 70.6. The smallest absolute Gasteiger partial charge is 0.430 e. The largest absolute Gasteiger partial charge is 0.478 e. The van der Waals surface area contributed by atoms with Gasteiger partial charge in [0.1, 0.15) is 5.75 Å². The summed E-state index contributed by atoms with van der Waals surface area (Å²) in [6.07, 6.45) is -6.69. The third-order valence-corrected chi connectivity index (χ3v) is 4.29. The van der Waals surface area contributed by atoms with Crippen LogP contribution in [0.5, 0.6) is 5.75 Å². The maximum atomic E-state index is 13.3. The lowest BCUT2D eigenvalue weighted by atomic mass is 9.97. The van der Waals surface area contributed by atoms with Crippen molar-refractivity contribution in [1.82, 2.24) is 0 Å². The standard InChI is InChI=1S/C18H10ClF5O3/c19-12-6-10-5-11(17(25)26)16(18(22,23)24)27-15(10)7-9(12)3-8-1-2-13(20)14(21)4-8/h1-2,4-7,16H,3H2,(H,25,26). The first kappa shape index (κ1) is 19.2. The van der Waals surface area contributed by atoms with E-state index in [0.29, 0.717) is 11.1 Å². The Bertz CT molecular complexity index is 953. The summed E-state index contributed by atoms with van der Waals surface area (Å²) in [5, 5.41) is 9.14. The molecule has 0 saturated heterocycles. The number of fused-ring (bicyclic) bond motifs is 1. The molecule has 0 radical (unpaired) electrons. The first-order valence-electron chi connectivity index (χ1n) is 7.51. The van der Waals surface area contributed by atoms with E-state index in [0.717, 1.165) is 18.2 Å². The van der Waals surface area contributed by atoms with E-state index in [9.17, 15) is 26.7 Å². The lowest BCUT2D eigenvalue weighted by Gasteiger charge is -2.27. The highest BCUT2D eigenvalue weighted by Crippen LogP contribution is 2.39. The van der Waals surface area contributed by atoms with Crippen molar-refractivity contribution in [2.24, 2.45) is 0 Å². The Labute approximate surface area is 154 Å². The number of benzene rings is 2. The van der Waals surface area contributed by atoms with Crippen LogP contribution in [-0.2, 0) is 11.2 Å². The van der Waals surface area contributed by atoms with Crippen molar-refractivity contribution in [2.45, 2.75) is 18.7 Å². The Kier molecular flexibility index (Phi) is 4.86. The molecule has 0 aromatic heterocycles. The second-order valence-corrected chi connectivity index (χ2v) is 6.26. The van der Waals surface area contributed by atoms with E-state index in [1.54, 1.807) is 0 Å². The van der Waals surface area contributed by atoms with E-state index in [4.69, 9.17) is 21.4 Å². The number of ether oxygens (including phenoxy) is 1. The lowest BCUT2D eigenvalue weighted by Crippen LogP contribution is -2.40. The van der Waals surface area contributed by atoms with E-state index < -0.39 is 35.5 Å². The van der Waals surface area contributed by atoms with Gasteiger partial charge in [0, 0.05) is 10.6 Å². The molecule has 0 spiro atoms. The minimum absolute atomic E-state index is 0.0128. The summed E-state index contributed by atoms with van der Waals surface area (Å²) >= 11 is 6.11. The van der Waals surface area contributed by atoms with Crippen LogP contribution in [-0.4, -0.2) is 23.4 Å². The molecule has 3 rings (SSSR count). The van der Waals surface area contributed by atoms with Gasteiger partial charge in [-0.3, -0.25) is 0 Å².